The highest BCUT2D eigenvalue weighted by Gasteiger charge is 2.29. The topological polar surface area (TPSA) is 75.9 Å². The van der Waals surface area contributed by atoms with Gasteiger partial charge in [0.15, 0.2) is 0 Å². The molecule has 0 saturated carbocycles. The first-order valence-corrected chi connectivity index (χ1v) is 8.15. The lowest BCUT2D eigenvalue weighted by Crippen LogP contribution is -2.39. The molecule has 1 saturated heterocycles. The molecule has 24 heavy (non-hydrogen) atoms. The monoisotopic (exact) mass is 326 g/mol. The van der Waals surface area contributed by atoms with Crippen LogP contribution in [0.3, 0.4) is 0 Å². The number of tetrazole rings is 1. The second-order valence-electron chi connectivity index (χ2n) is 6.23. The van der Waals surface area contributed by atoms with Crippen molar-refractivity contribution in [2.24, 2.45) is 0 Å². The molecule has 126 valence electrons. The van der Waals surface area contributed by atoms with Crippen LogP contribution < -0.4 is 5.32 Å². The van der Waals surface area contributed by atoms with Crippen molar-refractivity contribution in [1.82, 2.24) is 25.1 Å². The van der Waals surface area contributed by atoms with E-state index in [-0.39, 0.29) is 11.9 Å². The summed E-state index contributed by atoms with van der Waals surface area (Å²) in [6.45, 7) is 5.95. The first-order valence-electron chi connectivity index (χ1n) is 8.15. The zero-order valence-corrected chi connectivity index (χ0v) is 14.0. The Morgan fingerprint density at radius 3 is 3.04 bits per heavy atom. The molecule has 0 bridgehead atoms. The van der Waals surface area contributed by atoms with Crippen LogP contribution in [0.4, 0.5) is 5.69 Å². The minimum absolute atomic E-state index is 0.0449. The van der Waals surface area contributed by atoms with E-state index < -0.39 is 0 Å². The van der Waals surface area contributed by atoms with Gasteiger partial charge in [-0.25, -0.2) is 4.68 Å². The smallest absolute Gasteiger partial charge is 0.241 e. The van der Waals surface area contributed by atoms with E-state index in [9.17, 15) is 4.79 Å². The number of anilines is 1. The molecule has 1 amide bonds. The Morgan fingerprint density at radius 2 is 2.29 bits per heavy atom. The van der Waals surface area contributed by atoms with E-state index in [1.165, 1.54) is 11.9 Å². The van der Waals surface area contributed by atoms with Gasteiger partial charge in [0.25, 0.3) is 0 Å². The molecule has 1 atom stereocenters. The molecule has 2 heterocycles. The molecular weight excluding hydrogens is 304 g/mol. The highest BCUT2D eigenvalue weighted by molar-refractivity contribution is 5.95. The Labute approximate surface area is 141 Å². The van der Waals surface area contributed by atoms with E-state index >= 15 is 0 Å². The van der Waals surface area contributed by atoms with Crippen molar-refractivity contribution in [3.63, 3.8) is 0 Å². The molecule has 7 heteroatoms. The second-order valence-corrected chi connectivity index (χ2v) is 6.23. The van der Waals surface area contributed by atoms with Crippen molar-refractivity contribution in [3.8, 4) is 5.69 Å². The van der Waals surface area contributed by atoms with Crippen LogP contribution in [-0.2, 0) is 4.79 Å². The summed E-state index contributed by atoms with van der Waals surface area (Å²) in [4.78, 5) is 14.9. The van der Waals surface area contributed by atoms with Crippen LogP contribution in [0.25, 0.3) is 5.69 Å². The van der Waals surface area contributed by atoms with E-state index in [0.29, 0.717) is 0 Å². The van der Waals surface area contributed by atoms with Crippen LogP contribution in [0.1, 0.15) is 26.7 Å². The highest BCUT2D eigenvalue weighted by atomic mass is 16.2. The molecule has 1 aliphatic heterocycles. The van der Waals surface area contributed by atoms with Crippen molar-refractivity contribution < 1.29 is 4.79 Å². The SMILES string of the molecule is CC(C)=CCN1CCC[C@H]1C(=O)Nc1cccc(-n2cnnn2)c1. The van der Waals surface area contributed by atoms with E-state index in [1.54, 1.807) is 4.68 Å². The summed E-state index contributed by atoms with van der Waals surface area (Å²) < 4.78 is 1.56. The van der Waals surface area contributed by atoms with Crippen molar-refractivity contribution in [3.05, 3.63) is 42.2 Å². The third kappa shape index (κ3) is 3.86. The van der Waals surface area contributed by atoms with Gasteiger partial charge < -0.3 is 5.32 Å². The molecule has 1 fully saturated rings. The summed E-state index contributed by atoms with van der Waals surface area (Å²) in [7, 11) is 0. The van der Waals surface area contributed by atoms with Crippen molar-refractivity contribution in [2.45, 2.75) is 32.7 Å². The first kappa shape index (κ1) is 16.3. The van der Waals surface area contributed by atoms with E-state index in [0.717, 1.165) is 37.3 Å². The molecule has 7 nitrogen and oxygen atoms in total. The van der Waals surface area contributed by atoms with Gasteiger partial charge in [0.1, 0.15) is 6.33 Å². The Bertz CT molecular complexity index is 720. The lowest BCUT2D eigenvalue weighted by molar-refractivity contribution is -0.120. The number of carbonyl (C=O) groups excluding carboxylic acids is 1. The van der Waals surface area contributed by atoms with Gasteiger partial charge in [-0.15, -0.1) is 5.10 Å². The fraction of sp³-hybridized carbons (Fsp3) is 0.412. The third-order valence-corrected chi connectivity index (χ3v) is 4.13. The Kier molecular flexibility index (Phi) is 5.00. The van der Waals surface area contributed by atoms with Crippen LogP contribution >= 0.6 is 0 Å². The summed E-state index contributed by atoms with van der Waals surface area (Å²) in [6, 6.07) is 7.44. The summed E-state index contributed by atoms with van der Waals surface area (Å²) in [5, 5.41) is 14.1. The number of likely N-dealkylation sites (tertiary alicyclic amines) is 1. The van der Waals surface area contributed by atoms with E-state index in [4.69, 9.17) is 0 Å². The van der Waals surface area contributed by atoms with Crippen LogP contribution in [0, 0.1) is 0 Å². The number of hydrogen-bond donors (Lipinski definition) is 1. The van der Waals surface area contributed by atoms with E-state index in [1.807, 2.05) is 24.3 Å². The predicted octanol–water partition coefficient (Wildman–Crippen LogP) is 2.03. The fourth-order valence-electron chi connectivity index (χ4n) is 2.87. The Hall–Kier alpha value is -2.54. The van der Waals surface area contributed by atoms with Gasteiger partial charge >= 0.3 is 0 Å². The Morgan fingerprint density at radius 1 is 1.42 bits per heavy atom. The number of rotatable bonds is 5. The number of nitrogens with zero attached hydrogens (tertiary/aromatic N) is 5. The molecule has 1 aliphatic rings. The summed E-state index contributed by atoms with van der Waals surface area (Å²) in [6.07, 6.45) is 5.65. The maximum Gasteiger partial charge on any atom is 0.241 e. The largest absolute Gasteiger partial charge is 0.325 e. The zero-order chi connectivity index (χ0) is 16.9. The van der Waals surface area contributed by atoms with Gasteiger partial charge in [0.2, 0.25) is 5.91 Å². The lowest BCUT2D eigenvalue weighted by Gasteiger charge is -2.22. The maximum absolute atomic E-state index is 12.6. The lowest BCUT2D eigenvalue weighted by atomic mass is 10.2. The van der Waals surface area contributed by atoms with Crippen LogP contribution in [0.2, 0.25) is 0 Å². The number of nitrogens with one attached hydrogen (secondary N) is 1. The maximum atomic E-state index is 12.6. The van der Waals surface area contributed by atoms with Gasteiger partial charge in [-0.05, 0) is 61.9 Å². The van der Waals surface area contributed by atoms with Gasteiger partial charge in [0, 0.05) is 12.2 Å². The quantitative estimate of drug-likeness (QED) is 0.851. The molecule has 1 aromatic carbocycles. The van der Waals surface area contributed by atoms with Gasteiger partial charge in [-0.3, -0.25) is 9.69 Å². The molecule has 1 N–H and O–H groups in total. The summed E-state index contributed by atoms with van der Waals surface area (Å²) in [5.74, 6) is 0.0449. The standard InChI is InChI=1S/C17H22N6O/c1-13(2)8-10-22-9-4-7-16(22)17(24)19-14-5-3-6-15(11-14)23-12-18-20-21-23/h3,5-6,8,11-12,16H,4,7,9-10H2,1-2H3,(H,19,24)/t16-/m0/s1. The van der Waals surface area contributed by atoms with Gasteiger partial charge in [-0.2, -0.15) is 0 Å². The van der Waals surface area contributed by atoms with Gasteiger partial charge in [-0.1, -0.05) is 17.7 Å². The molecule has 0 spiro atoms. The highest BCUT2D eigenvalue weighted by Crippen LogP contribution is 2.20. The molecule has 2 aromatic rings. The van der Waals surface area contributed by atoms with Crippen LogP contribution in [-0.4, -0.2) is 50.1 Å². The van der Waals surface area contributed by atoms with Gasteiger partial charge in [0.05, 0.1) is 11.7 Å². The average Bonchev–Trinajstić information content (AvgIpc) is 3.24. The number of allylic oxidation sites excluding steroid dienone is 1. The first-order chi connectivity index (χ1) is 11.6. The summed E-state index contributed by atoms with van der Waals surface area (Å²) >= 11 is 0. The molecule has 1 aromatic heterocycles. The number of amides is 1. The Balaban J connectivity index is 1.68. The fourth-order valence-corrected chi connectivity index (χ4v) is 2.87. The van der Waals surface area contributed by atoms with Crippen molar-refractivity contribution in [2.75, 3.05) is 18.4 Å². The predicted molar refractivity (Wildman–Crippen MR) is 91.8 cm³/mol. The number of benzene rings is 1. The molecule has 0 aliphatic carbocycles. The van der Waals surface area contributed by atoms with Crippen LogP contribution in [0.5, 0.6) is 0 Å². The van der Waals surface area contributed by atoms with Crippen LogP contribution in [0.15, 0.2) is 42.2 Å². The normalized spacial score (nSPS) is 17.7. The molecule has 0 radical (unpaired) electrons. The van der Waals surface area contributed by atoms with E-state index in [2.05, 4.69) is 45.7 Å². The van der Waals surface area contributed by atoms with Crippen molar-refractivity contribution >= 4 is 11.6 Å². The zero-order valence-electron chi connectivity index (χ0n) is 14.0. The minimum atomic E-state index is -0.0720. The molecular formula is C17H22N6O. The summed E-state index contributed by atoms with van der Waals surface area (Å²) in [5.41, 5.74) is 2.84. The molecule has 0 unspecified atom stereocenters. The molecule has 3 rings (SSSR count). The number of carbonyl (C=O) groups is 1. The second kappa shape index (κ2) is 7.35. The number of hydrogen-bond acceptors (Lipinski definition) is 5. The van der Waals surface area contributed by atoms with Crippen molar-refractivity contribution in [1.29, 1.82) is 0 Å². The number of aromatic nitrogens is 4. The minimum Gasteiger partial charge on any atom is -0.325 e. The third-order valence-electron chi connectivity index (χ3n) is 4.13. The average molecular weight is 326 g/mol.